The fourth-order valence-electron chi connectivity index (χ4n) is 2.31. The molecule has 0 spiro atoms. The molecule has 0 aromatic heterocycles. The van der Waals surface area contributed by atoms with E-state index in [1.807, 2.05) is 6.07 Å². The van der Waals surface area contributed by atoms with E-state index in [1.165, 1.54) is 12.1 Å². The molecule has 20 heavy (non-hydrogen) atoms. The SMILES string of the molecule is CN1CCC(CNS(=O)(=O)c2cccc(C#N)c2)CC1. The van der Waals surface area contributed by atoms with Crippen molar-refractivity contribution in [2.24, 2.45) is 5.92 Å². The lowest BCUT2D eigenvalue weighted by Crippen LogP contribution is -2.36. The van der Waals surface area contributed by atoms with Gasteiger partial charge in [0.1, 0.15) is 0 Å². The number of nitrogens with one attached hydrogen (secondary N) is 1. The standard InChI is InChI=1S/C14H19N3O2S/c1-17-7-5-12(6-8-17)11-16-20(18,19)14-4-2-3-13(9-14)10-15/h2-4,9,12,16H,5-8,11H2,1H3. The Balaban J connectivity index is 1.99. The van der Waals surface area contributed by atoms with E-state index >= 15 is 0 Å². The van der Waals surface area contributed by atoms with Gasteiger partial charge < -0.3 is 4.90 Å². The van der Waals surface area contributed by atoms with Gasteiger partial charge in [-0.1, -0.05) is 6.07 Å². The molecule has 0 aliphatic carbocycles. The Kier molecular flexibility index (Phi) is 4.76. The molecule has 1 N–H and O–H groups in total. The van der Waals surface area contributed by atoms with Crippen LogP contribution in [0.4, 0.5) is 0 Å². The summed E-state index contributed by atoms with van der Waals surface area (Å²) in [5.74, 6) is 0.389. The lowest BCUT2D eigenvalue weighted by atomic mass is 9.98. The Bertz CT molecular complexity index is 599. The van der Waals surface area contributed by atoms with Gasteiger partial charge in [-0.25, -0.2) is 13.1 Å². The molecule has 5 nitrogen and oxygen atoms in total. The van der Waals surface area contributed by atoms with Gasteiger partial charge in [0, 0.05) is 6.54 Å². The van der Waals surface area contributed by atoms with Crippen molar-refractivity contribution in [3.05, 3.63) is 29.8 Å². The lowest BCUT2D eigenvalue weighted by Gasteiger charge is -2.28. The Morgan fingerprint density at radius 3 is 2.75 bits per heavy atom. The maximum atomic E-state index is 12.2. The molecule has 0 unspecified atom stereocenters. The summed E-state index contributed by atoms with van der Waals surface area (Å²) in [6.45, 7) is 2.49. The fourth-order valence-corrected chi connectivity index (χ4v) is 3.47. The molecule has 2 rings (SSSR count). The molecule has 1 heterocycles. The summed E-state index contributed by atoms with van der Waals surface area (Å²) in [4.78, 5) is 2.41. The fraction of sp³-hybridized carbons (Fsp3) is 0.500. The molecular formula is C14H19N3O2S. The summed E-state index contributed by atoms with van der Waals surface area (Å²) in [7, 11) is -1.44. The number of likely N-dealkylation sites (tertiary alicyclic amines) is 1. The number of piperidine rings is 1. The first-order valence-electron chi connectivity index (χ1n) is 6.69. The molecule has 0 radical (unpaired) electrons. The minimum atomic E-state index is -3.52. The largest absolute Gasteiger partial charge is 0.306 e. The van der Waals surface area contributed by atoms with Crippen LogP contribution in [0.5, 0.6) is 0 Å². The quantitative estimate of drug-likeness (QED) is 0.904. The van der Waals surface area contributed by atoms with Gasteiger partial charge in [0.25, 0.3) is 0 Å². The first-order valence-corrected chi connectivity index (χ1v) is 8.18. The summed E-state index contributed by atoms with van der Waals surface area (Å²) < 4.78 is 27.0. The number of sulfonamides is 1. The van der Waals surface area contributed by atoms with Gasteiger partial charge in [-0.05, 0) is 57.1 Å². The Labute approximate surface area is 120 Å². The molecule has 1 aromatic carbocycles. The summed E-state index contributed by atoms with van der Waals surface area (Å²) in [6, 6.07) is 8.04. The number of hydrogen-bond donors (Lipinski definition) is 1. The zero-order valence-corrected chi connectivity index (χ0v) is 12.4. The molecule has 1 aliphatic rings. The van der Waals surface area contributed by atoms with Crippen LogP contribution in [-0.2, 0) is 10.0 Å². The lowest BCUT2D eigenvalue weighted by molar-refractivity contribution is 0.220. The van der Waals surface area contributed by atoms with Gasteiger partial charge in [0.2, 0.25) is 10.0 Å². The van der Waals surface area contributed by atoms with Crippen molar-refractivity contribution < 1.29 is 8.42 Å². The van der Waals surface area contributed by atoms with E-state index < -0.39 is 10.0 Å². The van der Waals surface area contributed by atoms with Crippen LogP contribution in [0.25, 0.3) is 0 Å². The summed E-state index contributed by atoms with van der Waals surface area (Å²) in [5, 5.41) is 8.82. The normalized spacial score (nSPS) is 17.8. The van der Waals surface area contributed by atoms with Crippen LogP contribution < -0.4 is 4.72 Å². The van der Waals surface area contributed by atoms with Crippen molar-refractivity contribution in [1.82, 2.24) is 9.62 Å². The van der Waals surface area contributed by atoms with Crippen molar-refractivity contribution in [1.29, 1.82) is 5.26 Å². The molecule has 1 fully saturated rings. The Hall–Kier alpha value is -1.42. The summed E-state index contributed by atoms with van der Waals surface area (Å²) in [5.41, 5.74) is 0.354. The third kappa shape index (κ3) is 3.79. The summed E-state index contributed by atoms with van der Waals surface area (Å²) >= 11 is 0. The topological polar surface area (TPSA) is 73.2 Å². The minimum absolute atomic E-state index is 0.157. The number of hydrogen-bond acceptors (Lipinski definition) is 4. The average molecular weight is 293 g/mol. The monoisotopic (exact) mass is 293 g/mol. The highest BCUT2D eigenvalue weighted by Crippen LogP contribution is 2.16. The van der Waals surface area contributed by atoms with E-state index in [0.29, 0.717) is 18.0 Å². The predicted molar refractivity (Wildman–Crippen MR) is 76.6 cm³/mol. The maximum absolute atomic E-state index is 12.2. The zero-order chi connectivity index (χ0) is 14.6. The number of nitrogens with zero attached hydrogens (tertiary/aromatic N) is 2. The van der Waals surface area contributed by atoms with Gasteiger partial charge in [0.15, 0.2) is 0 Å². The predicted octanol–water partition coefficient (Wildman–Crippen LogP) is 1.18. The molecule has 1 saturated heterocycles. The molecule has 6 heteroatoms. The highest BCUT2D eigenvalue weighted by atomic mass is 32.2. The van der Waals surface area contributed by atoms with Crippen LogP contribution in [0.1, 0.15) is 18.4 Å². The maximum Gasteiger partial charge on any atom is 0.240 e. The van der Waals surface area contributed by atoms with Crippen LogP contribution in [-0.4, -0.2) is 40.0 Å². The van der Waals surface area contributed by atoms with E-state index in [-0.39, 0.29) is 4.90 Å². The van der Waals surface area contributed by atoms with Crippen molar-refractivity contribution in [2.45, 2.75) is 17.7 Å². The molecule has 1 aromatic rings. The third-order valence-corrected chi connectivity index (χ3v) is 5.09. The Morgan fingerprint density at radius 1 is 1.40 bits per heavy atom. The molecule has 1 aliphatic heterocycles. The second-order valence-corrected chi connectivity index (χ2v) is 7.01. The second-order valence-electron chi connectivity index (χ2n) is 5.24. The second kappa shape index (κ2) is 6.35. The van der Waals surface area contributed by atoms with Crippen LogP contribution in [0, 0.1) is 17.2 Å². The highest BCUT2D eigenvalue weighted by Gasteiger charge is 2.20. The molecule has 0 amide bonds. The Morgan fingerprint density at radius 2 is 2.10 bits per heavy atom. The first-order chi connectivity index (χ1) is 9.51. The molecular weight excluding hydrogens is 274 g/mol. The van der Waals surface area contributed by atoms with E-state index in [1.54, 1.807) is 12.1 Å². The number of rotatable bonds is 4. The van der Waals surface area contributed by atoms with E-state index in [4.69, 9.17) is 5.26 Å². The third-order valence-electron chi connectivity index (χ3n) is 3.67. The highest BCUT2D eigenvalue weighted by molar-refractivity contribution is 7.89. The van der Waals surface area contributed by atoms with Gasteiger partial charge in [-0.3, -0.25) is 0 Å². The van der Waals surface area contributed by atoms with Crippen LogP contribution in [0.15, 0.2) is 29.2 Å². The molecule has 0 saturated carbocycles. The van der Waals surface area contributed by atoms with Crippen molar-refractivity contribution >= 4 is 10.0 Å². The van der Waals surface area contributed by atoms with Crippen molar-refractivity contribution in [3.63, 3.8) is 0 Å². The number of benzene rings is 1. The van der Waals surface area contributed by atoms with Gasteiger partial charge in [-0.15, -0.1) is 0 Å². The van der Waals surface area contributed by atoms with Crippen LogP contribution >= 0.6 is 0 Å². The van der Waals surface area contributed by atoms with Gasteiger partial charge in [-0.2, -0.15) is 5.26 Å². The van der Waals surface area contributed by atoms with Crippen molar-refractivity contribution in [2.75, 3.05) is 26.7 Å². The van der Waals surface area contributed by atoms with E-state index in [2.05, 4.69) is 16.7 Å². The summed E-state index contributed by atoms with van der Waals surface area (Å²) in [6.07, 6.45) is 2.02. The van der Waals surface area contributed by atoms with Crippen molar-refractivity contribution in [3.8, 4) is 6.07 Å². The average Bonchev–Trinajstić information content (AvgIpc) is 2.47. The number of nitriles is 1. The molecule has 0 atom stereocenters. The van der Waals surface area contributed by atoms with Crippen LogP contribution in [0.3, 0.4) is 0 Å². The van der Waals surface area contributed by atoms with E-state index in [0.717, 1.165) is 25.9 Å². The van der Waals surface area contributed by atoms with E-state index in [9.17, 15) is 8.42 Å². The van der Waals surface area contributed by atoms with Gasteiger partial charge in [0.05, 0.1) is 16.5 Å². The zero-order valence-electron chi connectivity index (χ0n) is 11.5. The first kappa shape index (κ1) is 15.0. The smallest absolute Gasteiger partial charge is 0.240 e. The van der Waals surface area contributed by atoms with Gasteiger partial charge >= 0.3 is 0 Å². The van der Waals surface area contributed by atoms with Crippen LogP contribution in [0.2, 0.25) is 0 Å². The molecule has 108 valence electrons. The minimum Gasteiger partial charge on any atom is -0.306 e. The molecule has 0 bridgehead atoms.